The van der Waals surface area contributed by atoms with E-state index in [1.54, 1.807) is 0 Å². The van der Waals surface area contributed by atoms with Gasteiger partial charge in [-0.3, -0.25) is 9.36 Å². The first kappa shape index (κ1) is 36.6. The van der Waals surface area contributed by atoms with Crippen LogP contribution in [0, 0.1) is 5.82 Å². The van der Waals surface area contributed by atoms with Gasteiger partial charge < -0.3 is 23.9 Å². The molecule has 0 aliphatic heterocycles. The maximum absolute atomic E-state index is 14.5. The van der Waals surface area contributed by atoms with E-state index in [0.29, 0.717) is 11.1 Å². The highest BCUT2D eigenvalue weighted by atomic mass is 31.2. The molecular formula is C32H27F5O9P2. The maximum atomic E-state index is 14.5. The molecule has 0 bridgehead atoms. The summed E-state index contributed by atoms with van der Waals surface area (Å²) < 4.78 is 101. The summed E-state index contributed by atoms with van der Waals surface area (Å²) in [7, 11) is -10.0. The third kappa shape index (κ3) is 7.91. The third-order valence-electron chi connectivity index (χ3n) is 7.48. The standard InChI is InChI=1S/C32H27F5O9P2/c1-45-29(39)23-6-12-24(13-7-23)31(28(38)22-8-14-26(33)15-9-22,18-20-2-10-25(11-3-20)32(36,37)48(42,43)44)19-21-4-16-27(17-5-21)46-47(40,41)30(34)35/h2-17,30H,18-19H2,1H3,(H,40,41)(H2,42,43,44). The predicted molar refractivity (Wildman–Crippen MR) is 163 cm³/mol. The molecule has 48 heavy (non-hydrogen) atoms. The molecule has 0 amide bonds. The molecular weight excluding hydrogens is 685 g/mol. The van der Waals surface area contributed by atoms with E-state index in [0.717, 1.165) is 48.5 Å². The highest BCUT2D eigenvalue weighted by molar-refractivity contribution is 7.53. The topological polar surface area (TPSA) is 147 Å². The first-order chi connectivity index (χ1) is 22.4. The number of rotatable bonds is 13. The largest absolute Gasteiger partial charge is 0.465 e. The Balaban J connectivity index is 1.88. The summed E-state index contributed by atoms with van der Waals surface area (Å²) >= 11 is 0. The quantitative estimate of drug-likeness (QED) is 0.0565. The van der Waals surface area contributed by atoms with Gasteiger partial charge in [-0.15, -0.1) is 0 Å². The van der Waals surface area contributed by atoms with Crippen molar-refractivity contribution < 1.29 is 64.6 Å². The van der Waals surface area contributed by atoms with Gasteiger partial charge >= 0.3 is 33.0 Å². The van der Waals surface area contributed by atoms with Crippen molar-refractivity contribution in [2.75, 3.05) is 7.11 Å². The van der Waals surface area contributed by atoms with E-state index in [1.165, 1.54) is 55.6 Å². The molecule has 0 spiro atoms. The van der Waals surface area contributed by atoms with Crippen LogP contribution in [-0.2, 0) is 37.8 Å². The zero-order valence-electron chi connectivity index (χ0n) is 24.8. The zero-order valence-corrected chi connectivity index (χ0v) is 26.6. The Bertz CT molecular complexity index is 1860. The molecule has 2 atom stereocenters. The van der Waals surface area contributed by atoms with E-state index in [-0.39, 0.29) is 35.3 Å². The normalized spacial score (nSPS) is 14.5. The van der Waals surface area contributed by atoms with Crippen molar-refractivity contribution in [3.05, 3.63) is 136 Å². The van der Waals surface area contributed by atoms with Gasteiger partial charge in [0.05, 0.1) is 18.1 Å². The molecule has 0 aromatic heterocycles. The number of Topliss-reactive ketones (excluding diaryl/α,β-unsaturated/α-hetero) is 1. The van der Waals surface area contributed by atoms with Crippen LogP contribution in [0.15, 0.2) is 97.1 Å². The number of benzene rings is 4. The Kier molecular flexibility index (Phi) is 10.8. The van der Waals surface area contributed by atoms with Crippen LogP contribution in [-0.4, -0.2) is 39.7 Å². The summed E-state index contributed by atoms with van der Waals surface area (Å²) in [5.74, 6) is -2.28. The lowest BCUT2D eigenvalue weighted by atomic mass is 9.67. The average molecular weight is 712 g/mol. The van der Waals surface area contributed by atoms with Crippen molar-refractivity contribution >= 4 is 26.9 Å². The van der Waals surface area contributed by atoms with Crippen LogP contribution in [0.25, 0.3) is 0 Å². The Labute approximate surface area is 270 Å². The van der Waals surface area contributed by atoms with Gasteiger partial charge in [-0.25, -0.2) is 13.8 Å². The summed E-state index contributed by atoms with van der Waals surface area (Å²) in [6.07, 6.45) is -4.09. The molecule has 4 rings (SSSR count). The van der Waals surface area contributed by atoms with E-state index in [2.05, 4.69) is 4.52 Å². The second-order valence-electron chi connectivity index (χ2n) is 10.7. The van der Waals surface area contributed by atoms with Gasteiger partial charge in [0.25, 0.3) is 0 Å². The Morgan fingerprint density at radius 2 is 1.19 bits per heavy atom. The Morgan fingerprint density at radius 3 is 1.65 bits per heavy atom. The molecule has 0 fully saturated rings. The van der Waals surface area contributed by atoms with Crippen LogP contribution in [0.2, 0.25) is 0 Å². The summed E-state index contributed by atoms with van der Waals surface area (Å²) in [5.41, 5.74) is -6.04. The van der Waals surface area contributed by atoms with Gasteiger partial charge in [-0.05, 0) is 78.1 Å². The molecule has 0 saturated heterocycles. The number of esters is 1. The van der Waals surface area contributed by atoms with Crippen LogP contribution in [0.4, 0.5) is 22.0 Å². The third-order valence-corrected chi connectivity index (χ3v) is 9.44. The fourth-order valence-corrected chi connectivity index (χ4v) is 6.02. The number of hydrogen-bond acceptors (Lipinski definition) is 6. The molecule has 16 heteroatoms. The minimum Gasteiger partial charge on any atom is -0.465 e. The number of methoxy groups -OCH3 is 1. The van der Waals surface area contributed by atoms with Gasteiger partial charge in [-0.1, -0.05) is 48.5 Å². The Morgan fingerprint density at radius 1 is 0.729 bits per heavy atom. The number of carbonyl (C=O) groups is 2. The lowest BCUT2D eigenvalue weighted by Crippen LogP contribution is -2.41. The molecule has 0 aliphatic carbocycles. The lowest BCUT2D eigenvalue weighted by molar-refractivity contribution is 0.0564. The van der Waals surface area contributed by atoms with Crippen LogP contribution in [0.5, 0.6) is 5.75 Å². The summed E-state index contributed by atoms with van der Waals surface area (Å²) in [6, 6.07) is 19.2. The van der Waals surface area contributed by atoms with Crippen molar-refractivity contribution in [2.24, 2.45) is 0 Å². The fraction of sp³-hybridized carbons (Fsp3) is 0.188. The number of halogens is 5. The highest BCUT2D eigenvalue weighted by Crippen LogP contribution is 2.59. The first-order valence-corrected chi connectivity index (χ1v) is 17.1. The van der Waals surface area contributed by atoms with Crippen molar-refractivity contribution in [1.29, 1.82) is 0 Å². The second-order valence-corrected chi connectivity index (χ2v) is 14.1. The van der Waals surface area contributed by atoms with Crippen molar-refractivity contribution in [2.45, 2.75) is 30.1 Å². The summed E-state index contributed by atoms with van der Waals surface area (Å²) in [4.78, 5) is 54.4. The summed E-state index contributed by atoms with van der Waals surface area (Å²) in [6.45, 7) is 0. The number of alkyl halides is 4. The smallest absolute Gasteiger partial charge is 0.442 e. The molecule has 254 valence electrons. The maximum Gasteiger partial charge on any atom is 0.442 e. The summed E-state index contributed by atoms with van der Waals surface area (Å²) in [5, 5.41) is 0. The molecule has 4 aromatic carbocycles. The minimum atomic E-state index is -5.88. The number of ether oxygens (including phenoxy) is 1. The fourth-order valence-electron chi connectivity index (χ4n) is 5.03. The van der Waals surface area contributed by atoms with E-state index in [1.807, 2.05) is 0 Å². The zero-order chi connectivity index (χ0) is 35.5. The van der Waals surface area contributed by atoms with E-state index < -0.39 is 55.6 Å². The van der Waals surface area contributed by atoms with Crippen molar-refractivity contribution in [1.82, 2.24) is 0 Å². The van der Waals surface area contributed by atoms with E-state index >= 15 is 0 Å². The van der Waals surface area contributed by atoms with Gasteiger partial charge in [0.15, 0.2) is 5.78 Å². The molecule has 3 N–H and O–H groups in total. The van der Waals surface area contributed by atoms with Crippen LogP contribution >= 0.6 is 15.2 Å². The number of hydrogen-bond donors (Lipinski definition) is 3. The highest BCUT2D eigenvalue weighted by Gasteiger charge is 2.50. The van der Waals surface area contributed by atoms with Gasteiger partial charge in [-0.2, -0.15) is 17.6 Å². The van der Waals surface area contributed by atoms with Crippen LogP contribution < -0.4 is 4.52 Å². The van der Waals surface area contributed by atoms with E-state index in [4.69, 9.17) is 14.5 Å². The SMILES string of the molecule is COC(=O)c1ccc(C(Cc2ccc(OP(=O)(O)C(F)F)cc2)(Cc2ccc(C(F)(F)P(=O)(O)O)cc2)C(=O)c2ccc(F)cc2)cc1. The van der Waals surface area contributed by atoms with Gasteiger partial charge in [0.1, 0.15) is 11.6 Å². The van der Waals surface area contributed by atoms with Crippen molar-refractivity contribution in [3.63, 3.8) is 0 Å². The molecule has 2 unspecified atom stereocenters. The predicted octanol–water partition coefficient (Wildman–Crippen LogP) is 7.23. The monoisotopic (exact) mass is 712 g/mol. The van der Waals surface area contributed by atoms with E-state index in [9.17, 15) is 45.6 Å². The van der Waals surface area contributed by atoms with Crippen molar-refractivity contribution in [3.8, 4) is 5.75 Å². The van der Waals surface area contributed by atoms with Crippen LogP contribution in [0.1, 0.15) is 43.0 Å². The first-order valence-electron chi connectivity index (χ1n) is 13.8. The minimum absolute atomic E-state index is 0.0382. The number of carbonyl (C=O) groups excluding carboxylic acids is 2. The van der Waals surface area contributed by atoms with Gasteiger partial charge in [0, 0.05) is 11.1 Å². The molecule has 0 saturated carbocycles. The molecule has 0 heterocycles. The van der Waals surface area contributed by atoms with Gasteiger partial charge in [0.2, 0.25) is 0 Å². The molecule has 4 aromatic rings. The Hall–Kier alpha value is -4.19. The number of ketones is 1. The average Bonchev–Trinajstić information content (AvgIpc) is 3.04. The molecule has 0 radical (unpaired) electrons. The second kappa shape index (κ2) is 14.1. The lowest BCUT2D eigenvalue weighted by Gasteiger charge is -2.34. The molecule has 9 nitrogen and oxygen atoms in total. The molecule has 0 aliphatic rings. The van der Waals surface area contributed by atoms with Crippen LogP contribution in [0.3, 0.4) is 0 Å².